The minimum absolute atomic E-state index is 0.000455. The van der Waals surface area contributed by atoms with E-state index < -0.39 is 22.1 Å². The number of aliphatic hydroxyl groups excluding tert-OH is 1. The first-order valence-electron chi connectivity index (χ1n) is 6.52. The fraction of sp³-hybridized carbons (Fsp3) is 0.538. The van der Waals surface area contributed by atoms with Gasteiger partial charge in [0, 0.05) is 13.1 Å². The maximum absolute atomic E-state index is 12.6. The molecule has 0 saturated carbocycles. The zero-order valence-electron chi connectivity index (χ0n) is 11.2. The molecule has 0 radical (unpaired) electrons. The van der Waals surface area contributed by atoms with Crippen molar-refractivity contribution < 1.29 is 26.7 Å². The molecular formula is C13H16F3NO3S. The topological polar surface area (TPSA) is 57.6 Å². The number of alkyl halides is 3. The summed E-state index contributed by atoms with van der Waals surface area (Å²) >= 11 is 0. The first-order valence-corrected chi connectivity index (χ1v) is 7.96. The van der Waals surface area contributed by atoms with Gasteiger partial charge in [-0.3, -0.25) is 0 Å². The summed E-state index contributed by atoms with van der Waals surface area (Å²) in [7, 11) is -3.81. The van der Waals surface area contributed by atoms with Gasteiger partial charge < -0.3 is 5.11 Å². The number of nitrogens with zero attached hydrogens (tertiary/aromatic N) is 1. The highest BCUT2D eigenvalue weighted by Crippen LogP contribution is 2.35. The highest BCUT2D eigenvalue weighted by atomic mass is 32.2. The third kappa shape index (κ3) is 3.56. The summed E-state index contributed by atoms with van der Waals surface area (Å²) in [5, 5.41) is 9.03. The highest BCUT2D eigenvalue weighted by Gasteiger charge is 2.43. The molecule has 0 bridgehead atoms. The van der Waals surface area contributed by atoms with Crippen LogP contribution in [0.25, 0.3) is 0 Å². The molecule has 1 saturated heterocycles. The Morgan fingerprint density at radius 2 is 1.86 bits per heavy atom. The lowest BCUT2D eigenvalue weighted by Gasteiger charge is -2.32. The van der Waals surface area contributed by atoms with E-state index in [1.807, 2.05) is 0 Å². The number of halogens is 3. The molecule has 1 aromatic rings. The van der Waals surface area contributed by atoms with Crippen LogP contribution in [0.1, 0.15) is 18.4 Å². The summed E-state index contributed by atoms with van der Waals surface area (Å²) in [5.74, 6) is -1.44. The van der Waals surface area contributed by atoms with Crippen molar-refractivity contribution in [3.8, 4) is 0 Å². The maximum Gasteiger partial charge on any atom is 0.391 e. The van der Waals surface area contributed by atoms with Crippen LogP contribution in [0.2, 0.25) is 0 Å². The van der Waals surface area contributed by atoms with Crippen LogP contribution in [-0.4, -0.2) is 37.1 Å². The van der Waals surface area contributed by atoms with Crippen LogP contribution in [0.4, 0.5) is 13.2 Å². The van der Waals surface area contributed by atoms with Crippen molar-refractivity contribution in [2.45, 2.75) is 30.5 Å². The zero-order valence-corrected chi connectivity index (χ0v) is 12.0. The molecule has 0 unspecified atom stereocenters. The quantitative estimate of drug-likeness (QED) is 0.927. The van der Waals surface area contributed by atoms with E-state index in [4.69, 9.17) is 5.11 Å². The van der Waals surface area contributed by atoms with E-state index in [-0.39, 0.29) is 37.4 Å². The lowest BCUT2D eigenvalue weighted by atomic mass is 9.98. The minimum atomic E-state index is -4.27. The molecule has 0 amide bonds. The Balaban J connectivity index is 2.15. The van der Waals surface area contributed by atoms with E-state index in [2.05, 4.69) is 0 Å². The van der Waals surface area contributed by atoms with Crippen molar-refractivity contribution in [1.82, 2.24) is 4.31 Å². The van der Waals surface area contributed by atoms with Gasteiger partial charge in [0.1, 0.15) is 0 Å². The van der Waals surface area contributed by atoms with Gasteiger partial charge in [0.2, 0.25) is 10.0 Å². The number of sulfonamides is 1. The lowest BCUT2D eigenvalue weighted by molar-refractivity contribution is -0.182. The Morgan fingerprint density at radius 3 is 2.38 bits per heavy atom. The van der Waals surface area contributed by atoms with Crippen LogP contribution >= 0.6 is 0 Å². The fourth-order valence-electron chi connectivity index (χ4n) is 2.38. The molecule has 1 N–H and O–H groups in total. The Kier molecular flexibility index (Phi) is 4.60. The maximum atomic E-state index is 12.6. The largest absolute Gasteiger partial charge is 0.392 e. The highest BCUT2D eigenvalue weighted by molar-refractivity contribution is 7.89. The number of rotatable bonds is 3. The van der Waals surface area contributed by atoms with Crippen LogP contribution in [0, 0.1) is 5.92 Å². The standard InChI is InChI=1S/C13H16F3NO3S/c14-13(15,16)11-4-6-17(7-5-11)21(19,20)12-3-1-2-10(8-12)9-18/h1-3,8,11,18H,4-7,9H2. The van der Waals surface area contributed by atoms with Crippen molar-refractivity contribution in [1.29, 1.82) is 0 Å². The van der Waals surface area contributed by atoms with E-state index in [1.165, 1.54) is 18.2 Å². The Bertz CT molecular complexity index is 593. The summed E-state index contributed by atoms with van der Waals surface area (Å²) in [6.45, 7) is -0.578. The molecular weight excluding hydrogens is 307 g/mol. The van der Waals surface area contributed by atoms with Crippen LogP contribution < -0.4 is 0 Å². The molecule has 2 rings (SSSR count). The van der Waals surface area contributed by atoms with Crippen molar-refractivity contribution in [3.63, 3.8) is 0 Å². The monoisotopic (exact) mass is 323 g/mol. The average Bonchev–Trinajstić information content (AvgIpc) is 2.46. The van der Waals surface area contributed by atoms with E-state index in [1.54, 1.807) is 6.07 Å². The van der Waals surface area contributed by atoms with Gasteiger partial charge in [0.05, 0.1) is 17.4 Å². The molecule has 0 aromatic heterocycles. The number of piperidine rings is 1. The molecule has 1 aliphatic heterocycles. The fourth-order valence-corrected chi connectivity index (χ4v) is 3.92. The second-order valence-corrected chi connectivity index (χ2v) is 6.96. The van der Waals surface area contributed by atoms with E-state index >= 15 is 0 Å². The van der Waals surface area contributed by atoms with Gasteiger partial charge in [-0.25, -0.2) is 8.42 Å². The SMILES string of the molecule is O=S(=O)(c1cccc(CO)c1)N1CCC(C(F)(F)F)CC1. The number of aliphatic hydroxyl groups is 1. The number of hydrogen-bond donors (Lipinski definition) is 1. The molecule has 0 atom stereocenters. The molecule has 8 heteroatoms. The number of benzene rings is 1. The molecule has 118 valence electrons. The van der Waals surface area contributed by atoms with E-state index in [0.29, 0.717) is 5.56 Å². The number of hydrogen-bond acceptors (Lipinski definition) is 3. The van der Waals surface area contributed by atoms with Crippen molar-refractivity contribution >= 4 is 10.0 Å². The predicted molar refractivity (Wildman–Crippen MR) is 69.9 cm³/mol. The van der Waals surface area contributed by atoms with Gasteiger partial charge in [0.25, 0.3) is 0 Å². The van der Waals surface area contributed by atoms with Crippen molar-refractivity contribution in [2.75, 3.05) is 13.1 Å². The molecule has 1 aromatic carbocycles. The molecule has 1 fully saturated rings. The van der Waals surface area contributed by atoms with Crippen molar-refractivity contribution in [3.05, 3.63) is 29.8 Å². The third-order valence-corrected chi connectivity index (χ3v) is 5.53. The predicted octanol–water partition coefficient (Wildman–Crippen LogP) is 2.14. The lowest BCUT2D eigenvalue weighted by Crippen LogP contribution is -2.42. The Morgan fingerprint density at radius 1 is 1.24 bits per heavy atom. The Hall–Kier alpha value is -1.12. The van der Waals surface area contributed by atoms with E-state index in [0.717, 1.165) is 4.31 Å². The molecule has 1 heterocycles. The third-order valence-electron chi connectivity index (χ3n) is 3.64. The summed E-state index contributed by atoms with van der Waals surface area (Å²) in [6.07, 6.45) is -4.71. The van der Waals surface area contributed by atoms with Gasteiger partial charge in [-0.1, -0.05) is 12.1 Å². The molecule has 0 spiro atoms. The average molecular weight is 323 g/mol. The van der Waals surface area contributed by atoms with Crippen LogP contribution in [0.3, 0.4) is 0 Å². The molecule has 21 heavy (non-hydrogen) atoms. The normalized spacial score (nSPS) is 18.9. The summed E-state index contributed by atoms with van der Waals surface area (Å²) < 4.78 is 63.6. The van der Waals surface area contributed by atoms with Crippen LogP contribution in [0.5, 0.6) is 0 Å². The minimum Gasteiger partial charge on any atom is -0.392 e. The van der Waals surface area contributed by atoms with Gasteiger partial charge in [-0.05, 0) is 30.5 Å². The summed E-state index contributed by atoms with van der Waals surface area (Å²) in [6, 6.07) is 5.80. The summed E-state index contributed by atoms with van der Waals surface area (Å²) in [5.41, 5.74) is 0.446. The van der Waals surface area contributed by atoms with Gasteiger partial charge >= 0.3 is 6.18 Å². The zero-order chi connectivity index (χ0) is 15.7. The Labute approximate surface area is 121 Å². The van der Waals surface area contributed by atoms with Gasteiger partial charge in [0.15, 0.2) is 0 Å². The molecule has 1 aliphatic rings. The van der Waals surface area contributed by atoms with E-state index in [9.17, 15) is 21.6 Å². The summed E-state index contributed by atoms with van der Waals surface area (Å²) in [4.78, 5) is -0.000455. The van der Waals surface area contributed by atoms with Crippen LogP contribution in [0.15, 0.2) is 29.2 Å². The second-order valence-electron chi connectivity index (χ2n) is 5.03. The van der Waals surface area contributed by atoms with Gasteiger partial charge in [-0.2, -0.15) is 17.5 Å². The van der Waals surface area contributed by atoms with Crippen LogP contribution in [-0.2, 0) is 16.6 Å². The first kappa shape index (κ1) is 16.3. The molecule has 4 nitrogen and oxygen atoms in total. The molecule has 0 aliphatic carbocycles. The first-order chi connectivity index (χ1) is 9.75. The van der Waals surface area contributed by atoms with Gasteiger partial charge in [-0.15, -0.1) is 0 Å². The smallest absolute Gasteiger partial charge is 0.391 e. The second kappa shape index (κ2) is 5.94. The van der Waals surface area contributed by atoms with Crippen molar-refractivity contribution in [2.24, 2.45) is 5.92 Å².